The second-order valence-corrected chi connectivity index (χ2v) is 8.16. The van der Waals surface area contributed by atoms with Crippen molar-refractivity contribution in [2.24, 2.45) is 0 Å². The maximum atomic E-state index is 11.6. The summed E-state index contributed by atoms with van der Waals surface area (Å²) in [7, 11) is 0. The van der Waals surface area contributed by atoms with Gasteiger partial charge in [0.15, 0.2) is 5.78 Å². The van der Waals surface area contributed by atoms with Gasteiger partial charge in [0.05, 0.1) is 12.1 Å². The zero-order valence-corrected chi connectivity index (χ0v) is 18.0. The molecule has 1 saturated carbocycles. The van der Waals surface area contributed by atoms with E-state index in [1.807, 2.05) is 54.6 Å². The maximum Gasteiger partial charge on any atom is 0.159 e. The molecule has 1 fully saturated rings. The van der Waals surface area contributed by atoms with Crippen LogP contribution >= 0.6 is 0 Å². The average Bonchev–Trinajstić information content (AvgIpc) is 3.68. The lowest BCUT2D eigenvalue weighted by molar-refractivity contribution is 0.101. The zero-order valence-electron chi connectivity index (χ0n) is 18.0. The summed E-state index contributed by atoms with van der Waals surface area (Å²) in [6.07, 6.45) is 2.31. The number of ketones is 1. The minimum atomic E-state index is 0.0697. The van der Waals surface area contributed by atoms with Crippen LogP contribution in [-0.4, -0.2) is 28.9 Å². The summed E-state index contributed by atoms with van der Waals surface area (Å²) in [6, 6.07) is 23.8. The van der Waals surface area contributed by atoms with Crippen LogP contribution in [0.2, 0.25) is 0 Å². The van der Waals surface area contributed by atoms with Crippen LogP contribution < -0.4 is 10.1 Å². The van der Waals surface area contributed by atoms with Crippen molar-refractivity contribution in [2.75, 3.05) is 18.5 Å². The van der Waals surface area contributed by atoms with Gasteiger partial charge in [-0.05, 0) is 55.2 Å². The maximum absolute atomic E-state index is 11.6. The highest BCUT2D eigenvalue weighted by molar-refractivity contribution is 5.95. The molecule has 4 aromatic rings. The molecular weight excluding hydrogens is 398 g/mol. The minimum absolute atomic E-state index is 0.0697. The highest BCUT2D eigenvalue weighted by atomic mass is 16.5. The Labute approximate surface area is 187 Å². The fourth-order valence-corrected chi connectivity index (χ4v) is 3.74. The Hall–Kier alpha value is -3.73. The van der Waals surface area contributed by atoms with Crippen LogP contribution in [0.25, 0.3) is 22.0 Å². The van der Waals surface area contributed by atoms with Gasteiger partial charge in [0.25, 0.3) is 0 Å². The molecule has 0 radical (unpaired) electrons. The fourth-order valence-electron chi connectivity index (χ4n) is 3.74. The molecule has 0 saturated heterocycles. The van der Waals surface area contributed by atoms with Gasteiger partial charge in [-0.25, -0.2) is 9.97 Å². The van der Waals surface area contributed by atoms with Crippen molar-refractivity contribution in [3.8, 4) is 16.9 Å². The molecule has 5 nitrogen and oxygen atoms in total. The highest BCUT2D eigenvalue weighted by Crippen LogP contribution is 2.39. The van der Waals surface area contributed by atoms with Crippen LogP contribution in [-0.2, 0) is 0 Å². The van der Waals surface area contributed by atoms with Gasteiger partial charge in [0.2, 0.25) is 0 Å². The number of Topliss-reactive ketones (excluding diaryl/α,β-unsaturated/α-hetero) is 1. The largest absolute Gasteiger partial charge is 0.492 e. The van der Waals surface area contributed by atoms with Gasteiger partial charge in [0.1, 0.15) is 24.0 Å². The number of rotatable bonds is 8. The number of fused-ring (bicyclic) bond motifs is 1. The number of hydrogen-bond acceptors (Lipinski definition) is 5. The van der Waals surface area contributed by atoms with Crippen molar-refractivity contribution in [1.29, 1.82) is 0 Å². The molecule has 0 bridgehead atoms. The Morgan fingerprint density at radius 2 is 1.72 bits per heavy atom. The molecule has 160 valence electrons. The average molecular weight is 424 g/mol. The van der Waals surface area contributed by atoms with Gasteiger partial charge in [-0.15, -0.1) is 0 Å². The third-order valence-electron chi connectivity index (χ3n) is 5.69. The SMILES string of the molecule is CC(=O)c1ccc(-c2ccc3nc(C4CC4)nc(NCCOc4ccccc4)c3c2)cc1. The molecule has 5 rings (SSSR count). The number of nitrogens with zero attached hydrogens (tertiary/aromatic N) is 2. The molecule has 32 heavy (non-hydrogen) atoms. The lowest BCUT2D eigenvalue weighted by atomic mass is 10.0. The zero-order chi connectivity index (χ0) is 21.9. The molecule has 0 spiro atoms. The lowest BCUT2D eigenvalue weighted by Crippen LogP contribution is -2.13. The third-order valence-corrected chi connectivity index (χ3v) is 5.69. The molecule has 3 aromatic carbocycles. The van der Waals surface area contributed by atoms with E-state index in [0.717, 1.165) is 52.3 Å². The van der Waals surface area contributed by atoms with E-state index in [4.69, 9.17) is 14.7 Å². The van der Waals surface area contributed by atoms with E-state index in [2.05, 4.69) is 23.5 Å². The standard InChI is InChI=1S/C27H25N3O2/c1-18(31)19-7-9-20(10-8-19)22-13-14-25-24(17-22)27(30-26(29-25)21-11-12-21)28-15-16-32-23-5-3-2-4-6-23/h2-10,13-14,17,21H,11-12,15-16H2,1H3,(H,28,29,30). The number of carbonyl (C=O) groups excluding carboxylic acids is 1. The second kappa shape index (κ2) is 8.79. The molecule has 1 heterocycles. The van der Waals surface area contributed by atoms with Crippen molar-refractivity contribution in [1.82, 2.24) is 9.97 Å². The molecule has 1 aliphatic rings. The van der Waals surface area contributed by atoms with Crippen LogP contribution in [0, 0.1) is 0 Å². The molecular formula is C27H25N3O2. The first kappa shape index (κ1) is 20.2. The monoisotopic (exact) mass is 423 g/mol. The fraction of sp³-hybridized carbons (Fsp3) is 0.222. The van der Waals surface area contributed by atoms with Gasteiger partial charge in [0, 0.05) is 16.9 Å². The van der Waals surface area contributed by atoms with Gasteiger partial charge < -0.3 is 10.1 Å². The van der Waals surface area contributed by atoms with Crippen molar-refractivity contribution in [3.63, 3.8) is 0 Å². The van der Waals surface area contributed by atoms with Crippen LogP contribution in [0.1, 0.15) is 41.9 Å². The number of carbonyl (C=O) groups is 1. The first-order valence-corrected chi connectivity index (χ1v) is 11.0. The van der Waals surface area contributed by atoms with Gasteiger partial charge in [-0.2, -0.15) is 0 Å². The predicted molar refractivity (Wildman–Crippen MR) is 127 cm³/mol. The Kier molecular flexibility index (Phi) is 5.55. The minimum Gasteiger partial charge on any atom is -0.492 e. The first-order valence-electron chi connectivity index (χ1n) is 11.0. The van der Waals surface area contributed by atoms with Crippen LogP contribution in [0.5, 0.6) is 5.75 Å². The van der Waals surface area contributed by atoms with E-state index < -0.39 is 0 Å². The van der Waals surface area contributed by atoms with E-state index in [1.54, 1.807) is 6.92 Å². The van der Waals surface area contributed by atoms with Crippen molar-refractivity contribution >= 4 is 22.5 Å². The van der Waals surface area contributed by atoms with Crippen molar-refractivity contribution in [2.45, 2.75) is 25.7 Å². The quantitative estimate of drug-likeness (QED) is 0.284. The molecule has 0 atom stereocenters. The summed E-state index contributed by atoms with van der Waals surface area (Å²) in [4.78, 5) is 21.3. The number of benzene rings is 3. The van der Waals surface area contributed by atoms with E-state index in [0.29, 0.717) is 24.6 Å². The topological polar surface area (TPSA) is 64.1 Å². The lowest BCUT2D eigenvalue weighted by Gasteiger charge is -2.13. The summed E-state index contributed by atoms with van der Waals surface area (Å²) < 4.78 is 5.82. The highest BCUT2D eigenvalue weighted by Gasteiger charge is 2.27. The first-order chi connectivity index (χ1) is 15.7. The Morgan fingerprint density at radius 1 is 0.969 bits per heavy atom. The number of para-hydroxylation sites is 1. The van der Waals surface area contributed by atoms with Crippen molar-refractivity contribution in [3.05, 3.63) is 84.2 Å². The Bertz CT molecular complexity index is 1250. The number of aromatic nitrogens is 2. The third kappa shape index (κ3) is 4.47. The summed E-state index contributed by atoms with van der Waals surface area (Å²) in [5.41, 5.74) is 3.78. The van der Waals surface area contributed by atoms with Crippen molar-refractivity contribution < 1.29 is 9.53 Å². The number of ether oxygens (including phenoxy) is 1. The molecule has 1 aromatic heterocycles. The van der Waals surface area contributed by atoms with Gasteiger partial charge in [-0.1, -0.05) is 48.5 Å². The Balaban J connectivity index is 1.41. The molecule has 0 aliphatic heterocycles. The number of anilines is 1. The Morgan fingerprint density at radius 3 is 2.44 bits per heavy atom. The molecule has 0 amide bonds. The summed E-state index contributed by atoms with van der Waals surface area (Å²) in [5, 5.41) is 4.45. The number of hydrogen-bond donors (Lipinski definition) is 1. The van der Waals surface area contributed by atoms with Crippen LogP contribution in [0.3, 0.4) is 0 Å². The van der Waals surface area contributed by atoms with Gasteiger partial charge in [-0.3, -0.25) is 4.79 Å². The van der Waals surface area contributed by atoms with Crippen LogP contribution in [0.15, 0.2) is 72.8 Å². The normalized spacial score (nSPS) is 13.2. The smallest absolute Gasteiger partial charge is 0.159 e. The van der Waals surface area contributed by atoms with Gasteiger partial charge >= 0.3 is 0 Å². The summed E-state index contributed by atoms with van der Waals surface area (Å²) in [5.74, 6) is 3.16. The molecule has 5 heteroatoms. The summed E-state index contributed by atoms with van der Waals surface area (Å²) in [6.45, 7) is 2.77. The van der Waals surface area contributed by atoms with E-state index in [9.17, 15) is 4.79 Å². The van der Waals surface area contributed by atoms with Crippen LogP contribution in [0.4, 0.5) is 5.82 Å². The molecule has 1 aliphatic carbocycles. The summed E-state index contributed by atoms with van der Waals surface area (Å²) >= 11 is 0. The second-order valence-electron chi connectivity index (χ2n) is 8.16. The van der Waals surface area contributed by atoms with E-state index >= 15 is 0 Å². The predicted octanol–water partition coefficient (Wildman–Crippen LogP) is 5.87. The molecule has 0 unspecified atom stereocenters. The van der Waals surface area contributed by atoms with E-state index in [1.165, 1.54) is 0 Å². The van der Waals surface area contributed by atoms with E-state index in [-0.39, 0.29) is 5.78 Å². The number of nitrogens with one attached hydrogen (secondary N) is 1. The molecule has 1 N–H and O–H groups in total.